The lowest BCUT2D eigenvalue weighted by Crippen LogP contribution is -2.30. The largest absolute Gasteiger partial charge is 0.481 e. The molecule has 0 aliphatic carbocycles. The van der Waals surface area contributed by atoms with Crippen LogP contribution in [0.5, 0.6) is 5.75 Å². The molecular formula is C21H17BrFNO2. The Morgan fingerprint density at radius 1 is 1.00 bits per heavy atom. The van der Waals surface area contributed by atoms with Crippen LogP contribution in [0.1, 0.15) is 6.92 Å². The summed E-state index contributed by atoms with van der Waals surface area (Å²) in [6.07, 6.45) is -0.763. The summed E-state index contributed by atoms with van der Waals surface area (Å²) in [4.78, 5) is 12.2. The van der Waals surface area contributed by atoms with Crippen LogP contribution in [0.25, 0.3) is 11.1 Å². The van der Waals surface area contributed by atoms with Gasteiger partial charge in [-0.2, -0.15) is 0 Å². The third-order valence-electron chi connectivity index (χ3n) is 3.83. The van der Waals surface area contributed by atoms with Gasteiger partial charge in [0.25, 0.3) is 5.91 Å². The number of anilines is 1. The molecule has 3 nitrogen and oxygen atoms in total. The van der Waals surface area contributed by atoms with E-state index in [9.17, 15) is 9.18 Å². The fourth-order valence-electron chi connectivity index (χ4n) is 2.44. The van der Waals surface area contributed by atoms with Crippen molar-refractivity contribution in [2.24, 2.45) is 0 Å². The molecule has 0 fully saturated rings. The van der Waals surface area contributed by atoms with Crippen molar-refractivity contribution in [3.63, 3.8) is 0 Å². The van der Waals surface area contributed by atoms with Gasteiger partial charge in [-0.05, 0) is 48.4 Å². The molecule has 1 N–H and O–H groups in total. The van der Waals surface area contributed by atoms with Gasteiger partial charge >= 0.3 is 0 Å². The summed E-state index contributed by atoms with van der Waals surface area (Å²) >= 11 is 3.18. The second-order valence-electron chi connectivity index (χ2n) is 5.76. The first-order valence-corrected chi connectivity index (χ1v) is 8.90. The summed E-state index contributed by atoms with van der Waals surface area (Å²) in [5.41, 5.74) is 2.29. The van der Waals surface area contributed by atoms with Crippen molar-refractivity contribution >= 4 is 27.5 Å². The van der Waals surface area contributed by atoms with E-state index in [0.29, 0.717) is 10.2 Å². The van der Waals surface area contributed by atoms with E-state index in [2.05, 4.69) is 21.2 Å². The number of carbonyl (C=O) groups excluding carboxylic acids is 1. The minimum absolute atomic E-state index is 0.119. The van der Waals surface area contributed by atoms with Gasteiger partial charge in [0.05, 0.1) is 5.69 Å². The highest BCUT2D eigenvalue weighted by molar-refractivity contribution is 9.10. The zero-order valence-corrected chi connectivity index (χ0v) is 15.7. The number of rotatable bonds is 5. The van der Waals surface area contributed by atoms with E-state index in [1.165, 1.54) is 12.1 Å². The summed E-state index contributed by atoms with van der Waals surface area (Å²) < 4.78 is 20.1. The maximum absolute atomic E-state index is 13.8. The standard InChI is InChI=1S/C21H17BrFNO2/c1-14(21(25)24-20-12-9-17(22)13-19(20)23)26-18-10-7-16(8-11-18)15-5-3-2-4-6-15/h2-14H,1H3,(H,24,25). The van der Waals surface area contributed by atoms with Gasteiger partial charge in [-0.3, -0.25) is 4.79 Å². The van der Waals surface area contributed by atoms with E-state index < -0.39 is 17.8 Å². The fourth-order valence-corrected chi connectivity index (χ4v) is 2.77. The van der Waals surface area contributed by atoms with Crippen LogP contribution in [0.3, 0.4) is 0 Å². The minimum atomic E-state index is -0.763. The first-order valence-electron chi connectivity index (χ1n) is 8.11. The summed E-state index contributed by atoms with van der Waals surface area (Å²) in [6.45, 7) is 1.62. The second-order valence-corrected chi connectivity index (χ2v) is 6.68. The monoisotopic (exact) mass is 413 g/mol. The summed E-state index contributed by atoms with van der Waals surface area (Å²) in [5, 5.41) is 2.53. The van der Waals surface area contributed by atoms with Crippen LogP contribution in [0.4, 0.5) is 10.1 Å². The molecular weight excluding hydrogens is 397 g/mol. The van der Waals surface area contributed by atoms with Crippen molar-refractivity contribution in [3.05, 3.63) is 83.1 Å². The van der Waals surface area contributed by atoms with E-state index in [1.807, 2.05) is 54.6 Å². The number of halogens is 2. The van der Waals surface area contributed by atoms with Crippen LogP contribution in [-0.2, 0) is 4.79 Å². The van der Waals surface area contributed by atoms with Gasteiger partial charge in [0.2, 0.25) is 0 Å². The highest BCUT2D eigenvalue weighted by Crippen LogP contribution is 2.23. The Morgan fingerprint density at radius 2 is 1.65 bits per heavy atom. The smallest absolute Gasteiger partial charge is 0.265 e. The van der Waals surface area contributed by atoms with Crippen LogP contribution in [-0.4, -0.2) is 12.0 Å². The van der Waals surface area contributed by atoms with Gasteiger partial charge in [0, 0.05) is 4.47 Å². The van der Waals surface area contributed by atoms with Gasteiger partial charge in [0.1, 0.15) is 11.6 Å². The van der Waals surface area contributed by atoms with Gasteiger partial charge in [-0.1, -0.05) is 58.4 Å². The number of nitrogens with one attached hydrogen (secondary N) is 1. The third kappa shape index (κ3) is 4.49. The topological polar surface area (TPSA) is 38.3 Å². The molecule has 0 aromatic heterocycles. The van der Waals surface area contributed by atoms with Gasteiger partial charge in [0.15, 0.2) is 6.10 Å². The number of hydrogen-bond acceptors (Lipinski definition) is 2. The molecule has 0 aliphatic heterocycles. The third-order valence-corrected chi connectivity index (χ3v) is 4.33. The van der Waals surface area contributed by atoms with Crippen molar-refractivity contribution in [3.8, 4) is 16.9 Å². The van der Waals surface area contributed by atoms with Gasteiger partial charge in [-0.15, -0.1) is 0 Å². The molecule has 26 heavy (non-hydrogen) atoms. The molecule has 1 atom stereocenters. The van der Waals surface area contributed by atoms with Gasteiger partial charge < -0.3 is 10.1 Å². The molecule has 0 saturated carbocycles. The Kier molecular flexibility index (Phi) is 5.68. The SMILES string of the molecule is CC(Oc1ccc(-c2ccccc2)cc1)C(=O)Nc1ccc(Br)cc1F. The minimum Gasteiger partial charge on any atom is -0.481 e. The number of amides is 1. The zero-order valence-electron chi connectivity index (χ0n) is 14.1. The molecule has 0 aliphatic rings. The first kappa shape index (κ1) is 18.1. The normalized spacial score (nSPS) is 11.7. The van der Waals surface area contributed by atoms with E-state index in [-0.39, 0.29) is 5.69 Å². The van der Waals surface area contributed by atoms with Crippen molar-refractivity contribution < 1.29 is 13.9 Å². The summed E-state index contributed by atoms with van der Waals surface area (Å²) in [7, 11) is 0. The van der Waals surface area contributed by atoms with Crippen molar-refractivity contribution in [2.45, 2.75) is 13.0 Å². The van der Waals surface area contributed by atoms with Crippen molar-refractivity contribution in [2.75, 3.05) is 5.32 Å². The molecule has 3 aromatic carbocycles. The Hall–Kier alpha value is -2.66. The Labute approximate surface area is 159 Å². The van der Waals surface area contributed by atoms with Crippen LogP contribution in [0.2, 0.25) is 0 Å². The first-order chi connectivity index (χ1) is 12.5. The maximum Gasteiger partial charge on any atom is 0.265 e. The zero-order chi connectivity index (χ0) is 18.5. The van der Waals surface area contributed by atoms with Crippen molar-refractivity contribution in [1.82, 2.24) is 0 Å². The number of hydrogen-bond donors (Lipinski definition) is 1. The molecule has 0 heterocycles. The average Bonchev–Trinajstić information content (AvgIpc) is 2.65. The van der Waals surface area contributed by atoms with Crippen LogP contribution in [0.15, 0.2) is 77.3 Å². The summed E-state index contributed by atoms with van der Waals surface area (Å²) in [5.74, 6) is -0.353. The van der Waals surface area contributed by atoms with Crippen LogP contribution in [0, 0.1) is 5.82 Å². The second kappa shape index (κ2) is 8.15. The summed E-state index contributed by atoms with van der Waals surface area (Å²) in [6, 6.07) is 21.9. The Bertz CT molecular complexity index is 898. The molecule has 1 unspecified atom stereocenters. The maximum atomic E-state index is 13.8. The van der Waals surface area contributed by atoms with E-state index >= 15 is 0 Å². The molecule has 0 bridgehead atoms. The van der Waals surface area contributed by atoms with E-state index in [1.54, 1.807) is 13.0 Å². The molecule has 0 radical (unpaired) electrons. The van der Waals surface area contributed by atoms with Crippen molar-refractivity contribution in [1.29, 1.82) is 0 Å². The highest BCUT2D eigenvalue weighted by atomic mass is 79.9. The average molecular weight is 414 g/mol. The molecule has 1 amide bonds. The van der Waals surface area contributed by atoms with E-state index in [4.69, 9.17) is 4.74 Å². The lowest BCUT2D eigenvalue weighted by atomic mass is 10.1. The number of carbonyl (C=O) groups is 1. The van der Waals surface area contributed by atoms with Crippen LogP contribution >= 0.6 is 15.9 Å². The Balaban J connectivity index is 1.63. The fraction of sp³-hybridized carbons (Fsp3) is 0.0952. The van der Waals surface area contributed by atoms with Gasteiger partial charge in [-0.25, -0.2) is 4.39 Å². The molecule has 0 spiro atoms. The highest BCUT2D eigenvalue weighted by Gasteiger charge is 2.16. The quantitative estimate of drug-likeness (QED) is 0.585. The molecule has 132 valence electrons. The van der Waals surface area contributed by atoms with E-state index in [0.717, 1.165) is 11.1 Å². The molecule has 3 rings (SSSR count). The predicted octanol–water partition coefficient (Wildman–Crippen LogP) is 5.66. The lowest BCUT2D eigenvalue weighted by molar-refractivity contribution is -0.122. The number of benzene rings is 3. The Morgan fingerprint density at radius 3 is 2.31 bits per heavy atom. The molecule has 3 aromatic rings. The lowest BCUT2D eigenvalue weighted by Gasteiger charge is -2.15. The molecule has 0 saturated heterocycles. The van der Waals surface area contributed by atoms with Crippen LogP contribution < -0.4 is 10.1 Å². The molecule has 5 heteroatoms. The number of ether oxygens (including phenoxy) is 1. The predicted molar refractivity (Wildman–Crippen MR) is 105 cm³/mol.